The Morgan fingerprint density at radius 1 is 0.778 bits per heavy atom. The van der Waals surface area contributed by atoms with Crippen molar-refractivity contribution in [1.29, 1.82) is 0 Å². The molecule has 0 atom stereocenters. The first-order valence-electron chi connectivity index (χ1n) is 5.26. The van der Waals surface area contributed by atoms with Gasteiger partial charge in [0.05, 0.1) is 11.1 Å². The van der Waals surface area contributed by atoms with Crippen molar-refractivity contribution in [3.05, 3.63) is 65.7 Å². The maximum atomic E-state index is 11.8. The summed E-state index contributed by atoms with van der Waals surface area (Å²) in [4.78, 5) is 22.7. The van der Waals surface area contributed by atoms with Gasteiger partial charge in [0, 0.05) is 0 Å². The number of carbonyl (C=O) groups excluding carboxylic acids is 2. The molecule has 2 aromatic rings. The highest BCUT2D eigenvalue weighted by Gasteiger charge is 2.18. The number of carbonyl (C=O) groups is 2. The van der Waals surface area contributed by atoms with Crippen LogP contribution in [0.15, 0.2) is 54.6 Å². The highest BCUT2D eigenvalue weighted by molar-refractivity contribution is 6.02. The van der Waals surface area contributed by atoms with Crippen LogP contribution in [0.2, 0.25) is 0 Å². The fourth-order valence-electron chi connectivity index (χ4n) is 1.49. The SMILES string of the molecule is [O]C(=O)c1ccccc1C(=O)Oc1ccccc1. The van der Waals surface area contributed by atoms with Gasteiger partial charge in [-0.05, 0) is 24.3 Å². The van der Waals surface area contributed by atoms with Crippen molar-refractivity contribution in [2.45, 2.75) is 0 Å². The highest BCUT2D eigenvalue weighted by Crippen LogP contribution is 2.14. The molecule has 0 N–H and O–H groups in total. The number of ether oxygens (including phenoxy) is 1. The number of para-hydroxylation sites is 1. The molecule has 0 aliphatic heterocycles. The van der Waals surface area contributed by atoms with Gasteiger partial charge in [-0.3, -0.25) is 0 Å². The molecule has 0 saturated carbocycles. The third-order valence-electron chi connectivity index (χ3n) is 2.32. The van der Waals surface area contributed by atoms with Crippen molar-refractivity contribution < 1.29 is 19.4 Å². The van der Waals surface area contributed by atoms with Crippen molar-refractivity contribution in [2.24, 2.45) is 0 Å². The Kier molecular flexibility index (Phi) is 3.38. The zero-order valence-electron chi connectivity index (χ0n) is 9.33. The van der Waals surface area contributed by atoms with Gasteiger partial charge in [-0.15, -0.1) is 0 Å². The first-order chi connectivity index (χ1) is 8.68. The molecule has 4 heteroatoms. The molecule has 0 saturated heterocycles. The average Bonchev–Trinajstić information content (AvgIpc) is 2.40. The first-order valence-corrected chi connectivity index (χ1v) is 5.26. The molecular formula is C14H9O4. The van der Waals surface area contributed by atoms with Crippen LogP contribution in [0, 0.1) is 0 Å². The van der Waals surface area contributed by atoms with Gasteiger partial charge < -0.3 is 4.74 Å². The van der Waals surface area contributed by atoms with Crippen molar-refractivity contribution in [2.75, 3.05) is 0 Å². The summed E-state index contributed by atoms with van der Waals surface area (Å²) in [6, 6.07) is 14.2. The zero-order chi connectivity index (χ0) is 13.0. The molecule has 2 rings (SSSR count). The van der Waals surface area contributed by atoms with Crippen molar-refractivity contribution in [3.8, 4) is 5.75 Å². The number of hydrogen-bond donors (Lipinski definition) is 0. The fourth-order valence-corrected chi connectivity index (χ4v) is 1.49. The molecule has 1 radical (unpaired) electrons. The largest absolute Gasteiger partial charge is 0.423 e. The van der Waals surface area contributed by atoms with Gasteiger partial charge in [-0.25, -0.2) is 14.7 Å². The minimum atomic E-state index is -1.41. The van der Waals surface area contributed by atoms with E-state index in [1.165, 1.54) is 18.2 Å². The smallest absolute Gasteiger partial charge is 0.387 e. The fraction of sp³-hybridized carbons (Fsp3) is 0. The highest BCUT2D eigenvalue weighted by atomic mass is 16.5. The number of rotatable bonds is 3. The van der Waals surface area contributed by atoms with E-state index < -0.39 is 11.9 Å². The summed E-state index contributed by atoms with van der Waals surface area (Å²) in [5, 5.41) is 10.9. The van der Waals surface area contributed by atoms with E-state index in [4.69, 9.17) is 4.74 Å². The molecule has 0 fully saturated rings. The first kappa shape index (κ1) is 11.9. The summed E-state index contributed by atoms with van der Waals surface area (Å²) in [6.45, 7) is 0. The van der Waals surface area contributed by atoms with Crippen molar-refractivity contribution in [3.63, 3.8) is 0 Å². The molecule has 4 nitrogen and oxygen atoms in total. The van der Waals surface area contributed by atoms with Crippen LogP contribution in [0.1, 0.15) is 20.7 Å². The van der Waals surface area contributed by atoms with Crippen LogP contribution in [0.3, 0.4) is 0 Å². The minimum Gasteiger partial charge on any atom is -0.423 e. The van der Waals surface area contributed by atoms with Gasteiger partial charge in [0.15, 0.2) is 0 Å². The molecule has 0 unspecified atom stereocenters. The second-order valence-corrected chi connectivity index (χ2v) is 3.54. The van der Waals surface area contributed by atoms with Crippen LogP contribution < -0.4 is 4.74 Å². The Morgan fingerprint density at radius 3 is 1.94 bits per heavy atom. The van der Waals surface area contributed by atoms with Crippen LogP contribution >= 0.6 is 0 Å². The standard InChI is InChI=1S/C14H9O4/c15-13(16)11-8-4-5-9-12(11)14(17)18-10-6-2-1-3-7-10/h1-9H. The normalized spacial score (nSPS) is 9.78. The maximum absolute atomic E-state index is 11.8. The lowest BCUT2D eigenvalue weighted by Crippen LogP contribution is -2.13. The molecule has 0 aliphatic carbocycles. The van der Waals surface area contributed by atoms with E-state index in [1.54, 1.807) is 36.4 Å². The van der Waals surface area contributed by atoms with Gasteiger partial charge in [0.2, 0.25) is 0 Å². The number of esters is 1. The second kappa shape index (κ2) is 5.14. The van der Waals surface area contributed by atoms with Gasteiger partial charge in [0.25, 0.3) is 0 Å². The van der Waals surface area contributed by atoms with Gasteiger partial charge in [-0.2, -0.15) is 0 Å². The third-order valence-corrected chi connectivity index (χ3v) is 2.32. The van der Waals surface area contributed by atoms with Crippen LogP contribution in [-0.2, 0) is 5.11 Å². The molecular weight excluding hydrogens is 232 g/mol. The van der Waals surface area contributed by atoms with Crippen LogP contribution in [0.5, 0.6) is 5.75 Å². The van der Waals surface area contributed by atoms with E-state index in [1.807, 2.05) is 0 Å². The molecule has 0 amide bonds. The summed E-state index contributed by atoms with van der Waals surface area (Å²) in [5.41, 5.74) is -0.209. The van der Waals surface area contributed by atoms with E-state index in [-0.39, 0.29) is 11.1 Å². The number of hydrogen-bond acceptors (Lipinski definition) is 3. The van der Waals surface area contributed by atoms with Crippen molar-refractivity contribution >= 4 is 11.9 Å². The molecule has 0 heterocycles. The molecule has 0 aromatic heterocycles. The quantitative estimate of drug-likeness (QED) is 0.612. The zero-order valence-corrected chi connectivity index (χ0v) is 9.33. The van der Waals surface area contributed by atoms with Gasteiger partial charge in [0.1, 0.15) is 5.75 Å². The Morgan fingerprint density at radius 2 is 1.33 bits per heavy atom. The maximum Gasteiger partial charge on any atom is 0.387 e. The van der Waals surface area contributed by atoms with Gasteiger partial charge >= 0.3 is 11.9 Å². The van der Waals surface area contributed by atoms with Crippen molar-refractivity contribution in [1.82, 2.24) is 0 Å². The summed E-state index contributed by atoms with van der Waals surface area (Å²) in [7, 11) is 0. The molecule has 0 spiro atoms. The minimum absolute atomic E-state index is 0.0265. The van der Waals surface area contributed by atoms with E-state index >= 15 is 0 Å². The van der Waals surface area contributed by atoms with Crippen LogP contribution in [-0.4, -0.2) is 11.9 Å². The van der Waals surface area contributed by atoms with E-state index in [9.17, 15) is 14.7 Å². The molecule has 0 aliphatic rings. The lowest BCUT2D eigenvalue weighted by molar-refractivity contribution is 0.0561. The van der Waals surface area contributed by atoms with E-state index in [0.717, 1.165) is 0 Å². The lowest BCUT2D eigenvalue weighted by atomic mass is 10.1. The molecule has 2 aromatic carbocycles. The Balaban J connectivity index is 2.27. The summed E-state index contributed by atoms with van der Waals surface area (Å²) < 4.78 is 5.06. The lowest BCUT2D eigenvalue weighted by Gasteiger charge is -2.05. The third kappa shape index (κ3) is 2.55. The van der Waals surface area contributed by atoms with Crippen LogP contribution in [0.25, 0.3) is 0 Å². The summed E-state index contributed by atoms with van der Waals surface area (Å²) in [6.07, 6.45) is 0. The number of benzene rings is 2. The molecule has 0 bridgehead atoms. The average molecular weight is 241 g/mol. The Hall–Kier alpha value is -2.62. The predicted octanol–water partition coefficient (Wildman–Crippen LogP) is 2.48. The summed E-state index contributed by atoms with van der Waals surface area (Å²) >= 11 is 0. The Bertz CT molecular complexity index is 575. The Labute approximate surface area is 103 Å². The van der Waals surface area contributed by atoms with E-state index in [0.29, 0.717) is 5.75 Å². The second-order valence-electron chi connectivity index (χ2n) is 3.54. The monoisotopic (exact) mass is 241 g/mol. The van der Waals surface area contributed by atoms with E-state index in [2.05, 4.69) is 0 Å². The summed E-state index contributed by atoms with van der Waals surface area (Å²) in [5.74, 6) is -1.77. The van der Waals surface area contributed by atoms with Crippen LogP contribution in [0.4, 0.5) is 0 Å². The predicted molar refractivity (Wildman–Crippen MR) is 62.9 cm³/mol. The molecule has 18 heavy (non-hydrogen) atoms. The van der Waals surface area contributed by atoms with Gasteiger partial charge in [-0.1, -0.05) is 30.3 Å². The topological polar surface area (TPSA) is 63.3 Å². The molecule has 89 valence electrons.